The highest BCUT2D eigenvalue weighted by Gasteiger charge is 2.41. The monoisotopic (exact) mass is 308 g/mol. The van der Waals surface area contributed by atoms with E-state index in [1.165, 1.54) is 4.88 Å². The van der Waals surface area contributed by atoms with Crippen LogP contribution >= 0.6 is 11.3 Å². The normalized spacial score (nSPS) is 22.4. The molecule has 2 fully saturated rings. The molecule has 2 aliphatic rings. The molecule has 4 nitrogen and oxygen atoms in total. The number of hydrogen-bond acceptors (Lipinski definition) is 3. The Balaban J connectivity index is 1.58. The lowest BCUT2D eigenvalue weighted by Gasteiger charge is -2.33. The van der Waals surface area contributed by atoms with Crippen molar-refractivity contribution in [1.82, 2.24) is 10.2 Å². The Labute approximate surface area is 130 Å². The van der Waals surface area contributed by atoms with Crippen molar-refractivity contribution in [1.29, 1.82) is 0 Å². The topological polar surface area (TPSA) is 41.6 Å². The third-order valence-electron chi connectivity index (χ3n) is 4.87. The van der Waals surface area contributed by atoms with Gasteiger partial charge in [-0.3, -0.25) is 0 Å². The van der Waals surface area contributed by atoms with Crippen LogP contribution in [-0.4, -0.2) is 37.2 Å². The first-order valence-electron chi connectivity index (χ1n) is 7.89. The van der Waals surface area contributed by atoms with Crippen molar-refractivity contribution < 1.29 is 9.53 Å². The molecule has 2 aliphatic heterocycles. The van der Waals surface area contributed by atoms with Crippen LogP contribution in [0.5, 0.6) is 0 Å². The molecule has 1 N–H and O–H groups in total. The van der Waals surface area contributed by atoms with Crippen molar-refractivity contribution in [3.8, 4) is 0 Å². The third-order valence-corrected chi connectivity index (χ3v) is 5.86. The second-order valence-electron chi connectivity index (χ2n) is 6.21. The molecule has 3 heterocycles. The second kappa shape index (κ2) is 6.36. The lowest BCUT2D eigenvalue weighted by molar-refractivity contribution is 0.0208. The van der Waals surface area contributed by atoms with Crippen LogP contribution in [0.2, 0.25) is 0 Å². The number of likely N-dealkylation sites (tertiary alicyclic amines) is 1. The number of urea groups is 1. The zero-order valence-corrected chi connectivity index (χ0v) is 13.5. The molecule has 21 heavy (non-hydrogen) atoms. The van der Waals surface area contributed by atoms with Crippen molar-refractivity contribution in [2.24, 2.45) is 5.41 Å². The van der Waals surface area contributed by atoms with Crippen molar-refractivity contribution in [2.75, 3.05) is 26.3 Å². The SMILES string of the molecule is CC[C@@H](NC(=O)N1CCC2(CCOCC2)C1)c1cccs1. The van der Waals surface area contributed by atoms with Crippen LogP contribution in [-0.2, 0) is 4.74 Å². The van der Waals surface area contributed by atoms with Gasteiger partial charge in [0.2, 0.25) is 0 Å². The standard InChI is InChI=1S/C16H24N2O2S/c1-2-13(14-4-3-11-21-14)17-15(19)18-8-5-16(12-18)6-9-20-10-7-16/h3-4,11,13H,2,5-10,12H2,1H3,(H,17,19)/t13-/m1/s1. The molecule has 0 radical (unpaired) electrons. The zero-order chi connectivity index (χ0) is 14.7. The van der Waals surface area contributed by atoms with Crippen LogP contribution in [0.4, 0.5) is 4.79 Å². The number of amides is 2. The summed E-state index contributed by atoms with van der Waals surface area (Å²) >= 11 is 1.71. The maximum Gasteiger partial charge on any atom is 0.317 e. The minimum atomic E-state index is 0.0959. The lowest BCUT2D eigenvalue weighted by Crippen LogP contribution is -2.42. The summed E-state index contributed by atoms with van der Waals surface area (Å²) in [4.78, 5) is 15.8. The second-order valence-corrected chi connectivity index (χ2v) is 7.19. The molecule has 0 unspecified atom stereocenters. The van der Waals surface area contributed by atoms with Gasteiger partial charge in [0.1, 0.15) is 0 Å². The van der Waals surface area contributed by atoms with Crippen LogP contribution < -0.4 is 5.32 Å². The van der Waals surface area contributed by atoms with Crippen molar-refractivity contribution in [3.63, 3.8) is 0 Å². The number of carbonyl (C=O) groups is 1. The van der Waals surface area contributed by atoms with Gasteiger partial charge in [-0.15, -0.1) is 11.3 Å². The largest absolute Gasteiger partial charge is 0.381 e. The molecule has 0 saturated carbocycles. The summed E-state index contributed by atoms with van der Waals surface area (Å²) in [6, 6.07) is 4.38. The van der Waals surface area contributed by atoms with Gasteiger partial charge < -0.3 is 15.0 Å². The van der Waals surface area contributed by atoms with Gasteiger partial charge in [0, 0.05) is 31.2 Å². The third kappa shape index (κ3) is 3.24. The maximum atomic E-state index is 12.5. The fraction of sp³-hybridized carbons (Fsp3) is 0.688. The van der Waals surface area contributed by atoms with E-state index in [-0.39, 0.29) is 12.1 Å². The minimum absolute atomic E-state index is 0.0959. The number of carbonyl (C=O) groups excluding carboxylic acids is 1. The van der Waals surface area contributed by atoms with Crippen LogP contribution in [0.1, 0.15) is 43.5 Å². The van der Waals surface area contributed by atoms with E-state index in [1.54, 1.807) is 11.3 Å². The molecule has 0 bridgehead atoms. The van der Waals surface area contributed by atoms with Gasteiger partial charge in [0.15, 0.2) is 0 Å². The summed E-state index contributed by atoms with van der Waals surface area (Å²) in [6.45, 7) is 5.59. The molecule has 1 spiro atoms. The Morgan fingerprint density at radius 2 is 2.29 bits per heavy atom. The average molecular weight is 308 g/mol. The highest BCUT2D eigenvalue weighted by atomic mass is 32.1. The summed E-state index contributed by atoms with van der Waals surface area (Å²) in [5.74, 6) is 0. The van der Waals surface area contributed by atoms with E-state index in [0.717, 1.165) is 52.0 Å². The van der Waals surface area contributed by atoms with Crippen molar-refractivity contribution in [2.45, 2.75) is 38.6 Å². The number of ether oxygens (including phenoxy) is 1. The summed E-state index contributed by atoms with van der Waals surface area (Å²) < 4.78 is 5.47. The molecule has 1 aromatic rings. The molecule has 5 heteroatoms. The predicted molar refractivity (Wildman–Crippen MR) is 84.6 cm³/mol. The van der Waals surface area contributed by atoms with Gasteiger partial charge in [-0.05, 0) is 42.5 Å². The first-order valence-corrected chi connectivity index (χ1v) is 8.77. The van der Waals surface area contributed by atoms with Gasteiger partial charge in [0.25, 0.3) is 0 Å². The number of thiophene rings is 1. The van der Waals surface area contributed by atoms with Gasteiger partial charge >= 0.3 is 6.03 Å². The lowest BCUT2D eigenvalue weighted by atomic mass is 9.80. The van der Waals surface area contributed by atoms with Crippen LogP contribution in [0.3, 0.4) is 0 Å². The molecular weight excluding hydrogens is 284 g/mol. The summed E-state index contributed by atoms with van der Waals surface area (Å²) in [5.41, 5.74) is 0.320. The summed E-state index contributed by atoms with van der Waals surface area (Å²) in [5, 5.41) is 5.27. The smallest absolute Gasteiger partial charge is 0.317 e. The van der Waals surface area contributed by atoms with E-state index in [9.17, 15) is 4.79 Å². The molecule has 0 aliphatic carbocycles. The fourth-order valence-electron chi connectivity index (χ4n) is 3.43. The highest BCUT2D eigenvalue weighted by Crippen LogP contribution is 2.39. The molecular formula is C16H24N2O2S. The van der Waals surface area contributed by atoms with Gasteiger partial charge in [0.05, 0.1) is 6.04 Å². The van der Waals surface area contributed by atoms with Gasteiger partial charge in [-0.2, -0.15) is 0 Å². The Morgan fingerprint density at radius 1 is 1.48 bits per heavy atom. The first kappa shape index (κ1) is 14.9. The zero-order valence-electron chi connectivity index (χ0n) is 12.6. The van der Waals surface area contributed by atoms with E-state index >= 15 is 0 Å². The molecule has 2 amide bonds. The van der Waals surface area contributed by atoms with Crippen molar-refractivity contribution in [3.05, 3.63) is 22.4 Å². The maximum absolute atomic E-state index is 12.5. The molecule has 0 aromatic carbocycles. The quantitative estimate of drug-likeness (QED) is 0.929. The van der Waals surface area contributed by atoms with Crippen molar-refractivity contribution >= 4 is 17.4 Å². The van der Waals surface area contributed by atoms with E-state index in [1.807, 2.05) is 11.0 Å². The predicted octanol–water partition coefficient (Wildman–Crippen LogP) is 3.41. The Kier molecular flexibility index (Phi) is 4.50. The Morgan fingerprint density at radius 3 is 2.95 bits per heavy atom. The summed E-state index contributed by atoms with van der Waals surface area (Å²) in [6.07, 6.45) is 4.25. The van der Waals surface area contributed by atoms with Crippen LogP contribution in [0, 0.1) is 5.41 Å². The van der Waals surface area contributed by atoms with Crippen LogP contribution in [0.25, 0.3) is 0 Å². The number of hydrogen-bond donors (Lipinski definition) is 1. The minimum Gasteiger partial charge on any atom is -0.381 e. The molecule has 1 aromatic heterocycles. The molecule has 1 atom stereocenters. The van der Waals surface area contributed by atoms with Crippen LogP contribution in [0.15, 0.2) is 17.5 Å². The van der Waals surface area contributed by atoms with Gasteiger partial charge in [-0.1, -0.05) is 13.0 Å². The number of rotatable bonds is 3. The van der Waals surface area contributed by atoms with E-state index in [4.69, 9.17) is 4.74 Å². The van der Waals surface area contributed by atoms with Gasteiger partial charge in [-0.25, -0.2) is 4.79 Å². The molecule has 116 valence electrons. The Hall–Kier alpha value is -1.07. The average Bonchev–Trinajstić information content (AvgIpc) is 3.16. The summed E-state index contributed by atoms with van der Waals surface area (Å²) in [7, 11) is 0. The highest BCUT2D eigenvalue weighted by molar-refractivity contribution is 7.10. The van der Waals surface area contributed by atoms with E-state index < -0.39 is 0 Å². The molecule has 2 saturated heterocycles. The fourth-order valence-corrected chi connectivity index (χ4v) is 4.29. The number of nitrogens with zero attached hydrogens (tertiary/aromatic N) is 1. The van der Waals surface area contributed by atoms with E-state index in [2.05, 4.69) is 23.7 Å². The molecule has 3 rings (SSSR count). The first-order chi connectivity index (χ1) is 10.2. The van der Waals surface area contributed by atoms with E-state index in [0.29, 0.717) is 5.41 Å². The Bertz CT molecular complexity index is 469. The number of nitrogens with one attached hydrogen (secondary N) is 1.